The first kappa shape index (κ1) is 15.3. The van der Waals surface area contributed by atoms with Gasteiger partial charge in [0.15, 0.2) is 0 Å². The zero-order chi connectivity index (χ0) is 15.0. The Bertz CT molecular complexity index is 400. The normalized spacial score (nSPS) is 28.9. The lowest BCUT2D eigenvalue weighted by atomic mass is 9.74. The van der Waals surface area contributed by atoms with E-state index in [1.165, 1.54) is 4.90 Å². The molecule has 0 aromatic heterocycles. The van der Waals surface area contributed by atoms with Gasteiger partial charge < -0.3 is 15.7 Å². The minimum atomic E-state index is -0.914. The molecule has 0 spiro atoms. The average Bonchev–Trinajstić information content (AvgIpc) is 2.36. The molecule has 1 heterocycles. The molecule has 1 aliphatic heterocycles. The molecule has 2 rings (SSSR count). The van der Waals surface area contributed by atoms with Crippen molar-refractivity contribution in [3.63, 3.8) is 0 Å². The highest BCUT2D eigenvalue weighted by Gasteiger charge is 2.49. The Morgan fingerprint density at radius 3 is 2.25 bits per heavy atom. The molecule has 1 amide bonds. The highest BCUT2D eigenvalue weighted by atomic mass is 16.4. The number of nitrogens with zero attached hydrogens (tertiary/aromatic N) is 1. The van der Waals surface area contributed by atoms with Gasteiger partial charge in [-0.05, 0) is 31.1 Å². The number of hydrogen-bond donors (Lipinski definition) is 2. The number of nitrogens with two attached hydrogens (primary N) is 1. The third kappa shape index (κ3) is 2.68. The lowest BCUT2D eigenvalue weighted by Gasteiger charge is -2.47. The molecule has 20 heavy (non-hydrogen) atoms. The van der Waals surface area contributed by atoms with E-state index in [9.17, 15) is 14.7 Å². The fraction of sp³-hybridized carbons (Fsp3) is 0.867. The number of aliphatic carboxylic acids is 1. The molecule has 3 N–H and O–H groups in total. The molecule has 0 aromatic rings. The first-order chi connectivity index (χ1) is 9.28. The molecular weight excluding hydrogens is 256 g/mol. The van der Waals surface area contributed by atoms with Crippen LogP contribution in [0.1, 0.15) is 58.8 Å². The number of likely N-dealkylation sites (tertiary alicyclic amines) is 1. The number of carbonyl (C=O) groups is 2. The molecule has 2 fully saturated rings. The predicted molar refractivity (Wildman–Crippen MR) is 76.2 cm³/mol. The van der Waals surface area contributed by atoms with Crippen molar-refractivity contribution in [2.75, 3.05) is 6.54 Å². The van der Waals surface area contributed by atoms with Crippen molar-refractivity contribution >= 4 is 11.9 Å². The summed E-state index contributed by atoms with van der Waals surface area (Å²) in [5.74, 6) is -1.07. The molecule has 1 unspecified atom stereocenters. The summed E-state index contributed by atoms with van der Waals surface area (Å²) >= 11 is 0. The predicted octanol–water partition coefficient (Wildman–Crippen LogP) is 1.75. The monoisotopic (exact) mass is 282 g/mol. The van der Waals surface area contributed by atoms with Gasteiger partial charge in [-0.2, -0.15) is 0 Å². The van der Waals surface area contributed by atoms with Crippen LogP contribution in [0.5, 0.6) is 0 Å². The Labute approximate surface area is 120 Å². The highest BCUT2D eigenvalue weighted by molar-refractivity contribution is 5.90. The Balaban J connectivity index is 2.24. The molecule has 5 heteroatoms. The minimum Gasteiger partial charge on any atom is -0.480 e. The zero-order valence-corrected chi connectivity index (χ0v) is 12.5. The van der Waals surface area contributed by atoms with Crippen LogP contribution in [0.4, 0.5) is 0 Å². The van der Waals surface area contributed by atoms with Crippen molar-refractivity contribution in [3.8, 4) is 0 Å². The van der Waals surface area contributed by atoms with Gasteiger partial charge in [0.05, 0.1) is 5.54 Å². The highest BCUT2D eigenvalue weighted by Crippen LogP contribution is 2.38. The Morgan fingerprint density at radius 2 is 1.70 bits per heavy atom. The zero-order valence-electron chi connectivity index (χ0n) is 12.5. The van der Waals surface area contributed by atoms with Crippen molar-refractivity contribution < 1.29 is 14.7 Å². The van der Waals surface area contributed by atoms with Gasteiger partial charge in [0.1, 0.15) is 6.04 Å². The van der Waals surface area contributed by atoms with Gasteiger partial charge in [0, 0.05) is 6.54 Å². The van der Waals surface area contributed by atoms with E-state index >= 15 is 0 Å². The van der Waals surface area contributed by atoms with E-state index in [2.05, 4.69) is 0 Å². The average molecular weight is 282 g/mol. The fourth-order valence-corrected chi connectivity index (χ4v) is 3.76. The molecular formula is C15H26N2O3. The van der Waals surface area contributed by atoms with Crippen LogP contribution in [0.2, 0.25) is 0 Å². The Hall–Kier alpha value is -1.10. The number of hydrogen-bond acceptors (Lipinski definition) is 3. The van der Waals surface area contributed by atoms with E-state index in [-0.39, 0.29) is 5.91 Å². The lowest BCUT2D eigenvalue weighted by molar-refractivity contribution is -0.162. The molecule has 0 aromatic carbocycles. The van der Waals surface area contributed by atoms with E-state index in [4.69, 9.17) is 5.73 Å². The second kappa shape index (κ2) is 5.35. The van der Waals surface area contributed by atoms with Crippen molar-refractivity contribution in [2.45, 2.75) is 70.4 Å². The van der Waals surface area contributed by atoms with Crippen LogP contribution in [0.3, 0.4) is 0 Å². The lowest BCUT2D eigenvalue weighted by Crippen LogP contribution is -2.64. The van der Waals surface area contributed by atoms with Crippen LogP contribution < -0.4 is 5.73 Å². The van der Waals surface area contributed by atoms with Crippen molar-refractivity contribution in [3.05, 3.63) is 0 Å². The summed E-state index contributed by atoms with van der Waals surface area (Å²) < 4.78 is 0. The van der Waals surface area contributed by atoms with E-state index in [1.54, 1.807) is 0 Å². The van der Waals surface area contributed by atoms with E-state index in [0.29, 0.717) is 19.4 Å². The number of amides is 1. The first-order valence-electron chi connectivity index (χ1n) is 7.61. The molecule has 2 aliphatic rings. The topological polar surface area (TPSA) is 83.6 Å². The van der Waals surface area contributed by atoms with Crippen LogP contribution in [0.15, 0.2) is 0 Å². The largest absolute Gasteiger partial charge is 0.480 e. The van der Waals surface area contributed by atoms with Gasteiger partial charge in [-0.15, -0.1) is 0 Å². The van der Waals surface area contributed by atoms with Gasteiger partial charge in [0.2, 0.25) is 5.91 Å². The number of rotatable bonds is 2. The summed E-state index contributed by atoms with van der Waals surface area (Å²) in [5.41, 5.74) is 5.05. The number of carbonyl (C=O) groups excluding carboxylic acids is 1. The molecule has 1 saturated heterocycles. The minimum absolute atomic E-state index is 0.155. The van der Waals surface area contributed by atoms with Crippen LogP contribution >= 0.6 is 0 Å². The molecule has 114 valence electrons. The van der Waals surface area contributed by atoms with Gasteiger partial charge in [-0.25, -0.2) is 4.79 Å². The van der Waals surface area contributed by atoms with E-state index < -0.39 is 23.0 Å². The van der Waals surface area contributed by atoms with E-state index in [1.807, 2.05) is 13.8 Å². The molecule has 1 saturated carbocycles. The van der Waals surface area contributed by atoms with Crippen LogP contribution in [0.25, 0.3) is 0 Å². The Morgan fingerprint density at radius 1 is 1.10 bits per heavy atom. The quantitative estimate of drug-likeness (QED) is 0.808. The maximum atomic E-state index is 12.8. The SMILES string of the molecule is CC1(C)CCCN(C(=O)C2(N)CCCCC2)C1C(=O)O. The second-order valence-electron chi connectivity index (χ2n) is 7.05. The third-order valence-corrected chi connectivity index (χ3v) is 4.94. The summed E-state index contributed by atoms with van der Waals surface area (Å²) in [7, 11) is 0. The van der Waals surface area contributed by atoms with Gasteiger partial charge in [0.25, 0.3) is 0 Å². The Kier molecular flexibility index (Phi) is 4.09. The van der Waals surface area contributed by atoms with Crippen molar-refractivity contribution in [1.82, 2.24) is 4.90 Å². The summed E-state index contributed by atoms with van der Waals surface area (Å²) in [6.45, 7) is 4.36. The second-order valence-corrected chi connectivity index (χ2v) is 7.05. The molecule has 5 nitrogen and oxygen atoms in total. The maximum absolute atomic E-state index is 12.8. The molecule has 0 radical (unpaired) electrons. The first-order valence-corrected chi connectivity index (χ1v) is 7.61. The molecule has 0 bridgehead atoms. The summed E-state index contributed by atoms with van der Waals surface area (Å²) in [4.78, 5) is 26.0. The number of carboxylic acid groups (broad SMARTS) is 1. The third-order valence-electron chi connectivity index (χ3n) is 4.94. The van der Waals surface area contributed by atoms with Crippen molar-refractivity contribution in [1.29, 1.82) is 0 Å². The molecule has 1 atom stereocenters. The molecule has 1 aliphatic carbocycles. The maximum Gasteiger partial charge on any atom is 0.326 e. The van der Waals surface area contributed by atoms with Crippen molar-refractivity contribution in [2.24, 2.45) is 11.1 Å². The van der Waals surface area contributed by atoms with Crippen LogP contribution in [0, 0.1) is 5.41 Å². The summed E-state index contributed by atoms with van der Waals surface area (Å²) in [5, 5.41) is 9.54. The fourth-order valence-electron chi connectivity index (χ4n) is 3.76. The van der Waals surface area contributed by atoms with Gasteiger partial charge in [-0.1, -0.05) is 33.1 Å². The van der Waals surface area contributed by atoms with Gasteiger partial charge >= 0.3 is 5.97 Å². The van der Waals surface area contributed by atoms with Crippen LogP contribution in [-0.2, 0) is 9.59 Å². The number of carboxylic acids is 1. The summed E-state index contributed by atoms with van der Waals surface area (Å²) in [6.07, 6.45) is 6.04. The standard InChI is InChI=1S/C15H26N2O3/c1-14(2)7-6-10-17(11(14)12(18)19)13(20)15(16)8-4-3-5-9-15/h11H,3-10,16H2,1-2H3,(H,18,19). The van der Waals surface area contributed by atoms with Crippen LogP contribution in [-0.4, -0.2) is 40.0 Å². The number of piperidine rings is 1. The smallest absolute Gasteiger partial charge is 0.326 e. The summed E-state index contributed by atoms with van der Waals surface area (Å²) in [6, 6.07) is -0.758. The van der Waals surface area contributed by atoms with E-state index in [0.717, 1.165) is 32.1 Å². The van der Waals surface area contributed by atoms with Gasteiger partial charge in [-0.3, -0.25) is 4.79 Å².